The second-order valence-corrected chi connectivity index (χ2v) is 7.86. The van der Waals surface area contributed by atoms with E-state index in [2.05, 4.69) is 18.3 Å². The van der Waals surface area contributed by atoms with Crippen molar-refractivity contribution in [3.8, 4) is 0 Å². The Labute approximate surface area is 131 Å². The van der Waals surface area contributed by atoms with E-state index < -0.39 is 0 Å². The summed E-state index contributed by atoms with van der Waals surface area (Å²) in [7, 11) is 0. The summed E-state index contributed by atoms with van der Waals surface area (Å²) in [5.41, 5.74) is 7.24. The third kappa shape index (κ3) is 2.88. The van der Waals surface area contributed by atoms with Gasteiger partial charge in [-0.2, -0.15) is 0 Å². The third-order valence-electron chi connectivity index (χ3n) is 5.40. The first-order chi connectivity index (χ1) is 10.1. The number of aryl methyl sites for hydroxylation is 2. The summed E-state index contributed by atoms with van der Waals surface area (Å²) >= 11 is 1.69. The highest BCUT2D eigenvalue weighted by Crippen LogP contribution is 2.34. The van der Waals surface area contributed by atoms with E-state index in [1.165, 1.54) is 42.5 Å². The van der Waals surface area contributed by atoms with Crippen molar-refractivity contribution in [2.45, 2.75) is 63.8 Å². The topological polar surface area (TPSA) is 55.1 Å². The van der Waals surface area contributed by atoms with Crippen LogP contribution in [-0.4, -0.2) is 18.0 Å². The van der Waals surface area contributed by atoms with Crippen molar-refractivity contribution < 1.29 is 4.79 Å². The minimum Gasteiger partial charge on any atom is -0.344 e. The molecule has 3 N–H and O–H groups in total. The zero-order chi connectivity index (χ0) is 14.9. The molecule has 1 saturated carbocycles. The standard InChI is InChI=1S/C17H26N2OS/c1-12-6-4-5-9-17(12,11-18)19-16(20)15-10-13-7-2-3-8-14(13)21-15/h10,12H,2-9,11,18H2,1H3,(H,19,20). The normalized spacial score (nSPS) is 29.0. The summed E-state index contributed by atoms with van der Waals surface area (Å²) in [4.78, 5) is 15.0. The Bertz CT molecular complexity index is 501. The van der Waals surface area contributed by atoms with Gasteiger partial charge in [-0.05, 0) is 56.1 Å². The van der Waals surface area contributed by atoms with Gasteiger partial charge in [0.1, 0.15) is 0 Å². The molecule has 3 rings (SSSR count). The summed E-state index contributed by atoms with van der Waals surface area (Å²) < 4.78 is 0. The number of hydrogen-bond donors (Lipinski definition) is 2. The maximum absolute atomic E-state index is 12.7. The van der Waals surface area contributed by atoms with Gasteiger partial charge in [0, 0.05) is 11.4 Å². The molecule has 3 nitrogen and oxygen atoms in total. The molecule has 0 radical (unpaired) electrons. The first kappa shape index (κ1) is 15.0. The maximum atomic E-state index is 12.7. The molecule has 0 spiro atoms. The molecule has 0 bridgehead atoms. The van der Waals surface area contributed by atoms with Crippen molar-refractivity contribution in [1.82, 2.24) is 5.32 Å². The molecule has 0 aliphatic heterocycles. The van der Waals surface area contributed by atoms with Gasteiger partial charge >= 0.3 is 0 Å². The number of carbonyl (C=O) groups is 1. The van der Waals surface area contributed by atoms with Crippen molar-refractivity contribution >= 4 is 17.2 Å². The number of hydrogen-bond acceptors (Lipinski definition) is 3. The maximum Gasteiger partial charge on any atom is 0.261 e. The van der Waals surface area contributed by atoms with E-state index in [0.717, 1.165) is 24.1 Å². The van der Waals surface area contributed by atoms with Gasteiger partial charge in [0.25, 0.3) is 5.91 Å². The number of rotatable bonds is 3. The number of nitrogens with one attached hydrogen (secondary N) is 1. The van der Waals surface area contributed by atoms with E-state index in [4.69, 9.17) is 5.73 Å². The fraction of sp³-hybridized carbons (Fsp3) is 0.706. The Balaban J connectivity index is 1.77. The van der Waals surface area contributed by atoms with E-state index >= 15 is 0 Å². The van der Waals surface area contributed by atoms with Crippen LogP contribution in [0.3, 0.4) is 0 Å². The Hall–Kier alpha value is -0.870. The lowest BCUT2D eigenvalue weighted by atomic mass is 9.73. The number of thiophene rings is 1. The van der Waals surface area contributed by atoms with E-state index in [9.17, 15) is 4.79 Å². The molecule has 0 aromatic carbocycles. The molecular formula is C17H26N2OS. The molecule has 4 heteroatoms. The van der Waals surface area contributed by atoms with E-state index in [1.54, 1.807) is 11.3 Å². The quantitative estimate of drug-likeness (QED) is 0.900. The fourth-order valence-corrected chi connectivity index (χ4v) is 4.99. The Kier molecular flexibility index (Phi) is 4.36. The lowest BCUT2D eigenvalue weighted by molar-refractivity contribution is 0.0817. The smallest absolute Gasteiger partial charge is 0.261 e. The molecule has 2 unspecified atom stereocenters. The van der Waals surface area contributed by atoms with Crippen LogP contribution in [0.2, 0.25) is 0 Å². The van der Waals surface area contributed by atoms with Gasteiger partial charge in [0.15, 0.2) is 0 Å². The second kappa shape index (κ2) is 6.09. The van der Waals surface area contributed by atoms with Crippen molar-refractivity contribution in [2.24, 2.45) is 11.7 Å². The molecule has 21 heavy (non-hydrogen) atoms. The highest BCUT2D eigenvalue weighted by Gasteiger charge is 2.38. The minimum atomic E-state index is -0.195. The first-order valence-corrected chi connectivity index (χ1v) is 9.10. The van der Waals surface area contributed by atoms with Crippen molar-refractivity contribution in [2.75, 3.05) is 6.54 Å². The number of amides is 1. The first-order valence-electron chi connectivity index (χ1n) is 8.29. The summed E-state index contributed by atoms with van der Waals surface area (Å²) in [6.45, 7) is 2.77. The molecule has 1 fully saturated rings. The number of fused-ring (bicyclic) bond motifs is 1. The molecule has 2 atom stereocenters. The number of carbonyl (C=O) groups excluding carboxylic acids is 1. The Morgan fingerprint density at radius 3 is 2.90 bits per heavy atom. The Morgan fingerprint density at radius 1 is 1.38 bits per heavy atom. The summed E-state index contributed by atoms with van der Waals surface area (Å²) in [5.74, 6) is 0.559. The van der Waals surface area contributed by atoms with Crippen LogP contribution in [0.1, 0.15) is 65.6 Å². The third-order valence-corrected chi connectivity index (χ3v) is 6.64. The molecule has 1 amide bonds. The second-order valence-electron chi connectivity index (χ2n) is 6.73. The van der Waals surface area contributed by atoms with Crippen molar-refractivity contribution in [3.05, 3.63) is 21.4 Å². The van der Waals surface area contributed by atoms with Crippen LogP contribution in [0.5, 0.6) is 0 Å². The van der Waals surface area contributed by atoms with Gasteiger partial charge in [-0.3, -0.25) is 4.79 Å². The lowest BCUT2D eigenvalue weighted by Crippen LogP contribution is -2.59. The van der Waals surface area contributed by atoms with Crippen LogP contribution in [0.4, 0.5) is 0 Å². The van der Waals surface area contributed by atoms with Gasteiger partial charge < -0.3 is 11.1 Å². The monoisotopic (exact) mass is 306 g/mol. The van der Waals surface area contributed by atoms with Crippen molar-refractivity contribution in [1.29, 1.82) is 0 Å². The van der Waals surface area contributed by atoms with E-state index in [1.807, 2.05) is 0 Å². The molecule has 2 aliphatic carbocycles. The molecule has 2 aliphatic rings. The molecule has 116 valence electrons. The molecular weight excluding hydrogens is 280 g/mol. The summed E-state index contributed by atoms with van der Waals surface area (Å²) in [6.07, 6.45) is 9.41. The minimum absolute atomic E-state index is 0.0913. The Morgan fingerprint density at radius 2 is 2.19 bits per heavy atom. The van der Waals surface area contributed by atoms with Crippen LogP contribution < -0.4 is 11.1 Å². The van der Waals surface area contributed by atoms with Crippen LogP contribution >= 0.6 is 11.3 Å². The zero-order valence-electron chi connectivity index (χ0n) is 12.9. The fourth-order valence-electron chi connectivity index (χ4n) is 3.84. The molecule has 1 aromatic heterocycles. The molecule has 1 heterocycles. The van der Waals surface area contributed by atoms with E-state index in [0.29, 0.717) is 12.5 Å². The van der Waals surface area contributed by atoms with Crippen molar-refractivity contribution in [3.63, 3.8) is 0 Å². The van der Waals surface area contributed by atoms with Gasteiger partial charge in [-0.15, -0.1) is 11.3 Å². The largest absolute Gasteiger partial charge is 0.344 e. The average molecular weight is 306 g/mol. The van der Waals surface area contributed by atoms with Crippen LogP contribution in [0.25, 0.3) is 0 Å². The van der Waals surface area contributed by atoms with Gasteiger partial charge in [0.2, 0.25) is 0 Å². The van der Waals surface area contributed by atoms with Crippen LogP contribution in [-0.2, 0) is 12.8 Å². The van der Waals surface area contributed by atoms with Gasteiger partial charge in [0.05, 0.1) is 10.4 Å². The number of nitrogens with two attached hydrogens (primary N) is 1. The van der Waals surface area contributed by atoms with Crippen LogP contribution in [0, 0.1) is 5.92 Å². The highest BCUT2D eigenvalue weighted by molar-refractivity contribution is 7.14. The predicted octanol–water partition coefficient (Wildman–Crippen LogP) is 3.26. The summed E-state index contributed by atoms with van der Waals surface area (Å²) in [5, 5.41) is 3.30. The van der Waals surface area contributed by atoms with Gasteiger partial charge in [-0.25, -0.2) is 0 Å². The molecule has 1 aromatic rings. The predicted molar refractivity (Wildman–Crippen MR) is 87.8 cm³/mol. The van der Waals surface area contributed by atoms with E-state index in [-0.39, 0.29) is 11.4 Å². The van der Waals surface area contributed by atoms with Gasteiger partial charge in [-0.1, -0.05) is 19.8 Å². The van der Waals surface area contributed by atoms with Crippen LogP contribution in [0.15, 0.2) is 6.07 Å². The zero-order valence-corrected chi connectivity index (χ0v) is 13.7. The lowest BCUT2D eigenvalue weighted by Gasteiger charge is -2.42. The highest BCUT2D eigenvalue weighted by atomic mass is 32.1. The summed E-state index contributed by atoms with van der Waals surface area (Å²) in [6, 6.07) is 2.12. The molecule has 0 saturated heterocycles. The SMILES string of the molecule is CC1CCCCC1(CN)NC(=O)c1cc2c(s1)CCCC2. The average Bonchev–Trinajstić information content (AvgIpc) is 2.94.